The molecule has 0 saturated heterocycles. The van der Waals surface area contributed by atoms with Crippen molar-refractivity contribution in [3.05, 3.63) is 29.1 Å². The Kier molecular flexibility index (Phi) is 4.01. The van der Waals surface area contributed by atoms with Gasteiger partial charge in [0.2, 0.25) is 0 Å². The quantitative estimate of drug-likeness (QED) is 0.862. The average molecular weight is 342 g/mol. The first-order valence-corrected chi connectivity index (χ1v) is 7.82. The normalized spacial score (nSPS) is 19.5. The number of alkyl halides is 3. The molecule has 24 heavy (non-hydrogen) atoms. The minimum absolute atomic E-state index is 0.0316. The smallest absolute Gasteiger partial charge is 0.433 e. The fraction of sp³-hybridized carbons (Fsp3) is 0.562. The van der Waals surface area contributed by atoms with Crippen LogP contribution in [0.25, 0.3) is 0 Å². The maximum atomic E-state index is 13.0. The van der Waals surface area contributed by atoms with Crippen LogP contribution in [0.2, 0.25) is 0 Å². The van der Waals surface area contributed by atoms with Gasteiger partial charge in [0.15, 0.2) is 0 Å². The standard InChI is InChI=1S/C16H17F3N2O3/c17-16(18,19)12-7-10(6-11(21-12)9-2-3-9)13(22)20-8-15(14(23)24)4-1-5-15/h6-7,9H,1-5,8H2,(H,20,22)(H,23,24). The summed E-state index contributed by atoms with van der Waals surface area (Å²) in [5.41, 5.74) is -1.94. The Morgan fingerprint density at radius 1 is 1.29 bits per heavy atom. The predicted octanol–water partition coefficient (Wildman–Crippen LogP) is 2.96. The summed E-state index contributed by atoms with van der Waals surface area (Å²) < 4.78 is 38.9. The number of hydrogen-bond acceptors (Lipinski definition) is 3. The van der Waals surface area contributed by atoms with E-state index in [2.05, 4.69) is 10.3 Å². The number of nitrogens with zero attached hydrogens (tertiary/aromatic N) is 1. The Balaban J connectivity index is 1.79. The van der Waals surface area contributed by atoms with Crippen LogP contribution in [-0.4, -0.2) is 28.5 Å². The lowest BCUT2D eigenvalue weighted by Crippen LogP contribution is -2.47. The molecule has 2 aliphatic carbocycles. The third-order valence-corrected chi connectivity index (χ3v) is 4.75. The van der Waals surface area contributed by atoms with Crippen molar-refractivity contribution in [2.24, 2.45) is 5.41 Å². The molecule has 5 nitrogen and oxygen atoms in total. The van der Waals surface area contributed by atoms with Crippen molar-refractivity contribution in [2.75, 3.05) is 6.54 Å². The van der Waals surface area contributed by atoms with Crippen molar-refractivity contribution >= 4 is 11.9 Å². The summed E-state index contributed by atoms with van der Waals surface area (Å²) in [6.07, 6.45) is -1.42. The van der Waals surface area contributed by atoms with Crippen molar-refractivity contribution in [3.63, 3.8) is 0 Å². The predicted molar refractivity (Wildman–Crippen MR) is 77.5 cm³/mol. The van der Waals surface area contributed by atoms with Crippen LogP contribution >= 0.6 is 0 Å². The number of aromatic nitrogens is 1. The molecule has 3 rings (SSSR count). The highest BCUT2D eigenvalue weighted by Gasteiger charge is 2.44. The van der Waals surface area contributed by atoms with Crippen LogP contribution in [0.3, 0.4) is 0 Å². The van der Waals surface area contributed by atoms with Crippen molar-refractivity contribution in [1.29, 1.82) is 0 Å². The first-order chi connectivity index (χ1) is 11.2. The van der Waals surface area contributed by atoms with E-state index in [4.69, 9.17) is 0 Å². The molecule has 1 heterocycles. The summed E-state index contributed by atoms with van der Waals surface area (Å²) in [4.78, 5) is 27.1. The Labute approximate surface area is 136 Å². The van der Waals surface area contributed by atoms with Crippen molar-refractivity contribution in [2.45, 2.75) is 44.2 Å². The van der Waals surface area contributed by atoms with Gasteiger partial charge in [-0.2, -0.15) is 13.2 Å². The van der Waals surface area contributed by atoms with E-state index in [1.54, 1.807) is 0 Å². The van der Waals surface area contributed by atoms with Gasteiger partial charge in [-0.15, -0.1) is 0 Å². The highest BCUT2D eigenvalue weighted by Crippen LogP contribution is 2.42. The summed E-state index contributed by atoms with van der Waals surface area (Å²) in [6, 6.07) is 2.09. The summed E-state index contributed by atoms with van der Waals surface area (Å²) in [5.74, 6) is -1.72. The molecule has 130 valence electrons. The van der Waals surface area contributed by atoms with Crippen LogP contribution in [0.4, 0.5) is 13.2 Å². The van der Waals surface area contributed by atoms with E-state index in [1.165, 1.54) is 6.07 Å². The second kappa shape index (κ2) is 5.75. The molecule has 0 spiro atoms. The van der Waals surface area contributed by atoms with Crippen molar-refractivity contribution in [3.8, 4) is 0 Å². The third-order valence-electron chi connectivity index (χ3n) is 4.75. The van der Waals surface area contributed by atoms with Gasteiger partial charge in [0, 0.05) is 23.7 Å². The summed E-state index contributed by atoms with van der Waals surface area (Å²) in [7, 11) is 0. The Morgan fingerprint density at radius 3 is 2.42 bits per heavy atom. The molecule has 1 aromatic rings. The lowest BCUT2D eigenvalue weighted by atomic mass is 9.69. The van der Waals surface area contributed by atoms with Crippen LogP contribution in [0, 0.1) is 5.41 Å². The van der Waals surface area contributed by atoms with Gasteiger partial charge in [-0.1, -0.05) is 6.42 Å². The second-order valence-electron chi connectivity index (χ2n) is 6.56. The van der Waals surface area contributed by atoms with Gasteiger partial charge in [0.05, 0.1) is 5.41 Å². The SMILES string of the molecule is O=C(NCC1(C(=O)O)CCC1)c1cc(C2CC2)nc(C(F)(F)F)c1. The number of hydrogen-bond donors (Lipinski definition) is 2. The van der Waals surface area contributed by atoms with Crippen LogP contribution < -0.4 is 5.32 Å². The zero-order chi connectivity index (χ0) is 17.5. The van der Waals surface area contributed by atoms with E-state index in [1.807, 2.05) is 0 Å². The monoisotopic (exact) mass is 342 g/mol. The maximum absolute atomic E-state index is 13.0. The second-order valence-corrected chi connectivity index (χ2v) is 6.56. The Hall–Kier alpha value is -2.12. The summed E-state index contributed by atoms with van der Waals surface area (Å²) >= 11 is 0. The molecule has 0 radical (unpaired) electrons. The molecule has 0 atom stereocenters. The number of nitrogens with one attached hydrogen (secondary N) is 1. The molecule has 1 amide bonds. The van der Waals surface area contributed by atoms with Crippen molar-refractivity contribution in [1.82, 2.24) is 10.3 Å². The van der Waals surface area contributed by atoms with Gasteiger partial charge in [-0.05, 0) is 37.8 Å². The number of carbonyl (C=O) groups is 2. The number of carboxylic acid groups (broad SMARTS) is 1. The topological polar surface area (TPSA) is 79.3 Å². The molecule has 8 heteroatoms. The molecule has 0 unspecified atom stereocenters. The fourth-order valence-electron chi connectivity index (χ4n) is 2.84. The number of halogens is 3. The third kappa shape index (κ3) is 3.22. The van der Waals surface area contributed by atoms with E-state index in [9.17, 15) is 27.9 Å². The van der Waals surface area contributed by atoms with Gasteiger partial charge >= 0.3 is 12.1 Å². The molecular formula is C16H17F3N2O3. The average Bonchev–Trinajstić information content (AvgIpc) is 3.28. The molecular weight excluding hydrogens is 325 g/mol. The number of aliphatic carboxylic acids is 1. The van der Waals surface area contributed by atoms with E-state index in [-0.39, 0.29) is 23.7 Å². The minimum Gasteiger partial charge on any atom is -0.481 e. The largest absolute Gasteiger partial charge is 0.481 e. The molecule has 0 bridgehead atoms. The molecule has 0 aromatic carbocycles. The Morgan fingerprint density at radius 2 is 1.96 bits per heavy atom. The van der Waals surface area contributed by atoms with Crippen LogP contribution in [0.1, 0.15) is 59.8 Å². The van der Waals surface area contributed by atoms with Gasteiger partial charge in [-0.25, -0.2) is 4.98 Å². The van der Waals surface area contributed by atoms with Crippen LogP contribution in [-0.2, 0) is 11.0 Å². The number of amides is 1. The molecule has 0 aliphatic heterocycles. The highest BCUT2D eigenvalue weighted by molar-refractivity contribution is 5.94. The molecule has 2 saturated carbocycles. The van der Waals surface area contributed by atoms with Gasteiger partial charge in [0.25, 0.3) is 5.91 Å². The van der Waals surface area contributed by atoms with E-state index in [0.29, 0.717) is 12.8 Å². The molecule has 2 N–H and O–H groups in total. The lowest BCUT2D eigenvalue weighted by Gasteiger charge is -2.37. The number of carbonyl (C=O) groups excluding carboxylic acids is 1. The van der Waals surface area contributed by atoms with Crippen LogP contribution in [0.15, 0.2) is 12.1 Å². The maximum Gasteiger partial charge on any atom is 0.433 e. The zero-order valence-corrected chi connectivity index (χ0v) is 12.8. The van der Waals surface area contributed by atoms with Crippen molar-refractivity contribution < 1.29 is 27.9 Å². The summed E-state index contributed by atoms with van der Waals surface area (Å²) in [5, 5.41) is 11.7. The number of rotatable bonds is 5. The molecule has 1 aromatic heterocycles. The number of pyridine rings is 1. The number of carboxylic acids is 1. The Bertz CT molecular complexity index is 680. The van der Waals surface area contributed by atoms with Gasteiger partial charge in [-0.3, -0.25) is 9.59 Å². The minimum atomic E-state index is -4.63. The van der Waals surface area contributed by atoms with E-state index in [0.717, 1.165) is 25.3 Å². The first kappa shape index (κ1) is 16.7. The molecule has 2 fully saturated rings. The summed E-state index contributed by atoms with van der Waals surface area (Å²) in [6.45, 7) is -0.0798. The molecule has 2 aliphatic rings. The van der Waals surface area contributed by atoms with E-state index >= 15 is 0 Å². The van der Waals surface area contributed by atoms with E-state index < -0.39 is 29.2 Å². The highest BCUT2D eigenvalue weighted by atomic mass is 19.4. The van der Waals surface area contributed by atoms with Gasteiger partial charge in [0.1, 0.15) is 5.69 Å². The zero-order valence-electron chi connectivity index (χ0n) is 12.8. The van der Waals surface area contributed by atoms with Gasteiger partial charge < -0.3 is 10.4 Å². The fourth-order valence-corrected chi connectivity index (χ4v) is 2.84. The lowest BCUT2D eigenvalue weighted by molar-refractivity contribution is -0.153. The van der Waals surface area contributed by atoms with Crippen LogP contribution in [0.5, 0.6) is 0 Å². The first-order valence-electron chi connectivity index (χ1n) is 7.82.